The highest BCUT2D eigenvalue weighted by Crippen LogP contribution is 2.39. The first-order valence-electron chi connectivity index (χ1n) is 10.5. The lowest BCUT2D eigenvalue weighted by Gasteiger charge is -2.38. The number of thioether (sulfide) groups is 1. The van der Waals surface area contributed by atoms with Gasteiger partial charge in [-0.05, 0) is 42.2 Å². The van der Waals surface area contributed by atoms with Crippen LogP contribution in [0.3, 0.4) is 0 Å². The van der Waals surface area contributed by atoms with Crippen LogP contribution in [-0.4, -0.2) is 66.1 Å². The third-order valence-corrected chi connectivity index (χ3v) is 11.6. The third-order valence-electron chi connectivity index (χ3n) is 5.93. The molecule has 1 aromatic rings. The minimum Gasteiger partial charge on any atom is -0.445 e. The molecule has 1 aromatic carbocycles. The number of rotatable bonds is 9. The molecule has 0 radical (unpaired) electrons. The number of carbonyl (C=O) groups excluding carboxylic acids is 1. The van der Waals surface area contributed by atoms with Crippen LogP contribution in [0.5, 0.6) is 0 Å². The van der Waals surface area contributed by atoms with Crippen molar-refractivity contribution in [2.75, 3.05) is 24.7 Å². The standard InChI is InChI=1S/C21H34N2O6SSi/c1-21(2,3)31(4,5)29-19-12-18(15-30-11-10-24)22(13-19)20(25)28-14-16-6-8-17(9-7-16)23(26)27/h6-9,18-19,24H,10-15H2,1-5H3. The van der Waals surface area contributed by atoms with Gasteiger partial charge in [0.2, 0.25) is 0 Å². The number of amides is 1. The first-order valence-corrected chi connectivity index (χ1v) is 14.5. The molecule has 10 heteroatoms. The van der Waals surface area contributed by atoms with Crippen molar-refractivity contribution in [1.82, 2.24) is 4.90 Å². The van der Waals surface area contributed by atoms with Gasteiger partial charge < -0.3 is 19.2 Å². The maximum absolute atomic E-state index is 12.8. The van der Waals surface area contributed by atoms with Crippen molar-refractivity contribution in [3.05, 3.63) is 39.9 Å². The van der Waals surface area contributed by atoms with Gasteiger partial charge in [0, 0.05) is 36.2 Å². The summed E-state index contributed by atoms with van der Waals surface area (Å²) in [6.45, 7) is 11.6. The van der Waals surface area contributed by atoms with Crippen molar-refractivity contribution in [1.29, 1.82) is 0 Å². The molecule has 174 valence electrons. The van der Waals surface area contributed by atoms with Crippen LogP contribution >= 0.6 is 11.8 Å². The summed E-state index contributed by atoms with van der Waals surface area (Å²) in [5.74, 6) is 1.33. The predicted molar refractivity (Wildman–Crippen MR) is 125 cm³/mol. The molecule has 2 rings (SSSR count). The van der Waals surface area contributed by atoms with E-state index in [2.05, 4.69) is 33.9 Å². The average molecular weight is 471 g/mol. The van der Waals surface area contributed by atoms with Crippen LogP contribution < -0.4 is 0 Å². The molecule has 2 unspecified atom stereocenters. The molecule has 0 spiro atoms. The minimum atomic E-state index is -1.97. The van der Waals surface area contributed by atoms with Crippen molar-refractivity contribution in [2.24, 2.45) is 0 Å². The first kappa shape index (κ1) is 25.6. The van der Waals surface area contributed by atoms with Crippen LogP contribution in [0, 0.1) is 10.1 Å². The summed E-state index contributed by atoms with van der Waals surface area (Å²) in [4.78, 5) is 24.9. The summed E-state index contributed by atoms with van der Waals surface area (Å²) in [5.41, 5.74) is 0.694. The van der Waals surface area contributed by atoms with Crippen LogP contribution in [0.25, 0.3) is 0 Å². The summed E-state index contributed by atoms with van der Waals surface area (Å²) in [7, 11) is -1.97. The van der Waals surface area contributed by atoms with Gasteiger partial charge in [-0.25, -0.2) is 4.79 Å². The van der Waals surface area contributed by atoms with Gasteiger partial charge in [-0.3, -0.25) is 10.1 Å². The molecular weight excluding hydrogens is 436 g/mol. The second kappa shape index (κ2) is 10.8. The Morgan fingerprint density at radius 1 is 1.32 bits per heavy atom. The van der Waals surface area contributed by atoms with E-state index in [0.29, 0.717) is 23.6 Å². The topological polar surface area (TPSA) is 102 Å². The Labute approximate surface area is 189 Å². The molecule has 1 aliphatic rings. The van der Waals surface area contributed by atoms with Crippen LogP contribution in [0.2, 0.25) is 18.1 Å². The van der Waals surface area contributed by atoms with Gasteiger partial charge in [0.1, 0.15) is 6.61 Å². The van der Waals surface area contributed by atoms with Crippen molar-refractivity contribution in [3.8, 4) is 0 Å². The van der Waals surface area contributed by atoms with Crippen LogP contribution in [0.15, 0.2) is 24.3 Å². The fraction of sp³-hybridized carbons (Fsp3) is 0.667. The zero-order chi connectivity index (χ0) is 23.2. The number of non-ortho nitro benzene ring substituents is 1. The maximum atomic E-state index is 12.8. The molecule has 1 saturated heterocycles. The second-order valence-corrected chi connectivity index (χ2v) is 15.2. The molecular formula is C21H34N2O6SSi. The summed E-state index contributed by atoms with van der Waals surface area (Å²) in [5, 5.41) is 19.9. The lowest BCUT2D eigenvalue weighted by atomic mass is 10.2. The van der Waals surface area contributed by atoms with Crippen molar-refractivity contribution in [3.63, 3.8) is 0 Å². The van der Waals surface area contributed by atoms with Gasteiger partial charge in [-0.15, -0.1) is 0 Å². The van der Waals surface area contributed by atoms with E-state index >= 15 is 0 Å². The Morgan fingerprint density at radius 2 is 1.97 bits per heavy atom. The molecule has 1 amide bonds. The van der Waals surface area contributed by atoms with Gasteiger partial charge in [-0.2, -0.15) is 11.8 Å². The zero-order valence-corrected chi connectivity index (χ0v) is 20.8. The van der Waals surface area contributed by atoms with Crippen LogP contribution in [-0.2, 0) is 15.8 Å². The largest absolute Gasteiger partial charge is 0.445 e. The molecule has 8 nitrogen and oxygen atoms in total. The fourth-order valence-electron chi connectivity index (χ4n) is 3.16. The number of nitro benzene ring substituents is 1. The van der Waals surface area contributed by atoms with Crippen LogP contribution in [0.1, 0.15) is 32.8 Å². The van der Waals surface area contributed by atoms with Crippen molar-refractivity contribution < 1.29 is 24.0 Å². The van der Waals surface area contributed by atoms with E-state index < -0.39 is 19.3 Å². The minimum absolute atomic E-state index is 0.00112. The lowest BCUT2D eigenvalue weighted by molar-refractivity contribution is -0.384. The molecule has 1 aliphatic heterocycles. The Morgan fingerprint density at radius 3 is 2.52 bits per heavy atom. The number of nitro groups is 1. The molecule has 2 atom stereocenters. The predicted octanol–water partition coefficient (Wildman–Crippen LogP) is 4.42. The molecule has 31 heavy (non-hydrogen) atoms. The molecule has 1 N–H and O–H groups in total. The summed E-state index contributed by atoms with van der Waals surface area (Å²) < 4.78 is 12.1. The van der Waals surface area contributed by atoms with E-state index in [1.807, 2.05) is 0 Å². The normalized spacial score (nSPS) is 19.5. The van der Waals surface area contributed by atoms with Crippen molar-refractivity contribution >= 4 is 31.9 Å². The monoisotopic (exact) mass is 470 g/mol. The molecule has 0 aliphatic carbocycles. The Bertz CT molecular complexity index is 753. The number of aliphatic hydroxyl groups is 1. The van der Waals surface area contributed by atoms with Crippen LogP contribution in [0.4, 0.5) is 10.5 Å². The second-order valence-electron chi connectivity index (χ2n) is 9.32. The third kappa shape index (κ3) is 7.20. The van der Waals surface area contributed by atoms with E-state index in [-0.39, 0.29) is 36.1 Å². The van der Waals surface area contributed by atoms with Gasteiger partial charge >= 0.3 is 6.09 Å². The Hall–Kier alpha value is -1.62. The number of carbonyl (C=O) groups is 1. The highest BCUT2D eigenvalue weighted by atomic mass is 32.2. The zero-order valence-electron chi connectivity index (χ0n) is 19.0. The Kier molecular flexibility index (Phi) is 8.93. The summed E-state index contributed by atoms with van der Waals surface area (Å²) in [6, 6.07) is 5.96. The average Bonchev–Trinajstić information content (AvgIpc) is 3.07. The number of nitrogens with zero attached hydrogens (tertiary/aromatic N) is 2. The highest BCUT2D eigenvalue weighted by Gasteiger charge is 2.43. The fourth-order valence-corrected chi connectivity index (χ4v) is 5.40. The summed E-state index contributed by atoms with van der Waals surface area (Å²) in [6.07, 6.45) is 0.305. The molecule has 1 heterocycles. The first-order chi connectivity index (χ1) is 14.4. The number of benzene rings is 1. The van der Waals surface area contributed by atoms with E-state index in [1.54, 1.807) is 28.8 Å². The quantitative estimate of drug-likeness (QED) is 0.247. The van der Waals surface area contributed by atoms with Gasteiger partial charge in [-0.1, -0.05) is 20.8 Å². The van der Waals surface area contributed by atoms with E-state index in [0.717, 1.165) is 6.42 Å². The van der Waals surface area contributed by atoms with E-state index in [4.69, 9.17) is 14.3 Å². The van der Waals surface area contributed by atoms with Gasteiger partial charge in [0.25, 0.3) is 5.69 Å². The number of ether oxygens (including phenoxy) is 1. The van der Waals surface area contributed by atoms with Gasteiger partial charge in [0.15, 0.2) is 8.32 Å². The molecule has 0 bridgehead atoms. The number of hydrogen-bond donors (Lipinski definition) is 1. The number of hydrogen-bond acceptors (Lipinski definition) is 7. The molecule has 1 fully saturated rings. The summed E-state index contributed by atoms with van der Waals surface area (Å²) >= 11 is 1.61. The number of likely N-dealkylation sites (tertiary alicyclic amines) is 1. The SMILES string of the molecule is CC(C)(C)[Si](C)(C)OC1CC(CSCCO)N(C(=O)OCc2ccc([N+](=O)[O-])cc2)C1. The lowest BCUT2D eigenvalue weighted by Crippen LogP contribution is -2.44. The Balaban J connectivity index is 2.01. The number of aliphatic hydroxyl groups excluding tert-OH is 1. The van der Waals surface area contributed by atoms with E-state index in [9.17, 15) is 14.9 Å². The van der Waals surface area contributed by atoms with E-state index in [1.165, 1.54) is 12.1 Å². The van der Waals surface area contributed by atoms with Crippen molar-refractivity contribution in [2.45, 2.75) is 64.1 Å². The maximum Gasteiger partial charge on any atom is 0.410 e. The highest BCUT2D eigenvalue weighted by molar-refractivity contribution is 7.99. The molecule has 0 aromatic heterocycles. The smallest absolute Gasteiger partial charge is 0.410 e. The van der Waals surface area contributed by atoms with Gasteiger partial charge in [0.05, 0.1) is 17.6 Å². The molecule has 0 saturated carbocycles.